The Balaban J connectivity index is 1.86. The minimum absolute atomic E-state index is 0.162. The van der Waals surface area contributed by atoms with Crippen molar-refractivity contribution < 1.29 is 36.2 Å². The van der Waals surface area contributed by atoms with Gasteiger partial charge in [-0.2, -0.15) is 0 Å². The first kappa shape index (κ1) is 16.3. The Morgan fingerprint density at radius 2 is 1.67 bits per heavy atom. The van der Waals surface area contributed by atoms with Crippen molar-refractivity contribution in [3.63, 3.8) is 0 Å². The van der Waals surface area contributed by atoms with Gasteiger partial charge in [-0.05, 0) is 23.8 Å². The van der Waals surface area contributed by atoms with Gasteiger partial charge in [0, 0.05) is 5.56 Å². The summed E-state index contributed by atoms with van der Waals surface area (Å²) >= 11 is 0. The lowest BCUT2D eigenvalue weighted by Crippen LogP contribution is -2.26. The molecule has 3 rings (SSSR count). The second kappa shape index (κ2) is 5.52. The molecule has 0 spiro atoms. The van der Waals surface area contributed by atoms with E-state index in [1.54, 1.807) is 0 Å². The molecule has 9 heteroatoms. The van der Waals surface area contributed by atoms with Crippen LogP contribution in [0.3, 0.4) is 0 Å². The van der Waals surface area contributed by atoms with Gasteiger partial charge in [-0.15, -0.1) is 22.0 Å². The fourth-order valence-corrected chi connectivity index (χ4v) is 2.29. The maximum atomic E-state index is 13.2. The molecule has 0 radical (unpaired) electrons. The van der Waals surface area contributed by atoms with Crippen LogP contribution in [0.25, 0.3) is 0 Å². The van der Waals surface area contributed by atoms with Gasteiger partial charge in [0.15, 0.2) is 11.5 Å². The normalized spacial score (nSPS) is 16.8. The summed E-state index contributed by atoms with van der Waals surface area (Å²) in [6.45, 7) is 0. The van der Waals surface area contributed by atoms with Crippen molar-refractivity contribution in [3.05, 3.63) is 53.6 Å². The van der Waals surface area contributed by atoms with Gasteiger partial charge in [0.25, 0.3) is 0 Å². The highest BCUT2D eigenvalue weighted by Crippen LogP contribution is 2.45. The van der Waals surface area contributed by atoms with Gasteiger partial charge in [0.2, 0.25) is 0 Å². The van der Waals surface area contributed by atoms with Crippen LogP contribution in [0.15, 0.2) is 42.5 Å². The Hall–Kier alpha value is -2.55. The molecule has 0 saturated heterocycles. The Bertz CT molecular complexity index is 746. The second-order valence-corrected chi connectivity index (χ2v) is 4.94. The molecule has 2 aromatic carbocycles. The molecule has 1 aliphatic heterocycles. The summed E-state index contributed by atoms with van der Waals surface area (Å²) in [5.41, 5.74) is 6.61. The van der Waals surface area contributed by atoms with E-state index in [0.717, 1.165) is 12.1 Å². The molecule has 0 bridgehead atoms. The van der Waals surface area contributed by atoms with Crippen LogP contribution in [0.1, 0.15) is 17.2 Å². The Morgan fingerprint density at radius 1 is 1.00 bits per heavy atom. The van der Waals surface area contributed by atoms with E-state index in [0.29, 0.717) is 5.56 Å². The summed E-state index contributed by atoms with van der Waals surface area (Å²) in [7, 11) is 0. The molecule has 0 aliphatic carbocycles. The minimum atomic E-state index is -4.80. The highest BCUT2D eigenvalue weighted by atomic mass is 19.4. The summed E-state index contributed by atoms with van der Waals surface area (Å²) in [4.78, 5) is 0. The first-order valence-electron chi connectivity index (χ1n) is 6.65. The quantitative estimate of drug-likeness (QED) is 0.854. The SMILES string of the molecule is N[C@@H](c1ccc(OC(F)(F)F)cc1)c1cccc2c1OC(F)(F)O2. The Labute approximate surface area is 132 Å². The highest BCUT2D eigenvalue weighted by Gasteiger charge is 2.45. The lowest BCUT2D eigenvalue weighted by Gasteiger charge is -2.16. The van der Waals surface area contributed by atoms with Gasteiger partial charge >= 0.3 is 12.7 Å². The maximum absolute atomic E-state index is 13.2. The average molecular weight is 347 g/mol. The van der Waals surface area contributed by atoms with Crippen LogP contribution in [0, 0.1) is 0 Å². The van der Waals surface area contributed by atoms with Crippen LogP contribution in [0.2, 0.25) is 0 Å². The van der Waals surface area contributed by atoms with E-state index in [-0.39, 0.29) is 17.1 Å². The average Bonchev–Trinajstić information content (AvgIpc) is 2.79. The van der Waals surface area contributed by atoms with Crippen LogP contribution >= 0.6 is 0 Å². The minimum Gasteiger partial charge on any atom is -0.406 e. The fraction of sp³-hybridized carbons (Fsp3) is 0.200. The largest absolute Gasteiger partial charge is 0.586 e. The van der Waals surface area contributed by atoms with Crippen molar-refractivity contribution in [2.45, 2.75) is 18.7 Å². The van der Waals surface area contributed by atoms with E-state index in [9.17, 15) is 22.0 Å². The first-order valence-corrected chi connectivity index (χ1v) is 6.65. The molecule has 0 saturated carbocycles. The fourth-order valence-electron chi connectivity index (χ4n) is 2.29. The van der Waals surface area contributed by atoms with Gasteiger partial charge in [0.05, 0.1) is 6.04 Å². The van der Waals surface area contributed by atoms with E-state index in [1.165, 1.54) is 30.3 Å². The van der Waals surface area contributed by atoms with E-state index < -0.39 is 24.4 Å². The predicted octanol–water partition coefficient (Wildman–Crippen LogP) is 3.95. The molecule has 24 heavy (non-hydrogen) atoms. The highest BCUT2D eigenvalue weighted by molar-refractivity contribution is 5.52. The third kappa shape index (κ3) is 3.35. The van der Waals surface area contributed by atoms with Crippen molar-refractivity contribution in [1.82, 2.24) is 0 Å². The summed E-state index contributed by atoms with van der Waals surface area (Å²) in [6.07, 6.45) is -8.59. The number of halogens is 5. The molecule has 0 unspecified atom stereocenters. The van der Waals surface area contributed by atoms with E-state index in [1.807, 2.05) is 0 Å². The third-order valence-electron chi connectivity index (χ3n) is 3.27. The summed E-state index contributed by atoms with van der Waals surface area (Å²) in [5, 5.41) is 0. The zero-order chi connectivity index (χ0) is 17.5. The molecule has 1 aliphatic rings. The lowest BCUT2D eigenvalue weighted by molar-refractivity contribution is -0.287. The zero-order valence-corrected chi connectivity index (χ0v) is 11.8. The number of para-hydroxylation sites is 1. The van der Waals surface area contributed by atoms with Crippen molar-refractivity contribution in [2.24, 2.45) is 5.73 Å². The van der Waals surface area contributed by atoms with Gasteiger partial charge in [-0.25, -0.2) is 0 Å². The first-order chi connectivity index (χ1) is 11.1. The monoisotopic (exact) mass is 347 g/mol. The number of nitrogens with two attached hydrogens (primary N) is 1. The number of hydrogen-bond donors (Lipinski definition) is 1. The molecular formula is C15H10F5NO3. The van der Waals surface area contributed by atoms with Crippen molar-refractivity contribution in [1.29, 1.82) is 0 Å². The molecule has 0 fully saturated rings. The smallest absolute Gasteiger partial charge is 0.406 e. The lowest BCUT2D eigenvalue weighted by atomic mass is 9.98. The van der Waals surface area contributed by atoms with Crippen molar-refractivity contribution in [3.8, 4) is 17.2 Å². The van der Waals surface area contributed by atoms with Crippen molar-refractivity contribution >= 4 is 0 Å². The van der Waals surface area contributed by atoms with Gasteiger partial charge in [-0.3, -0.25) is 0 Å². The molecule has 0 amide bonds. The van der Waals surface area contributed by atoms with E-state index in [2.05, 4.69) is 14.2 Å². The number of alkyl halides is 5. The number of hydrogen-bond acceptors (Lipinski definition) is 4. The molecule has 1 atom stereocenters. The molecular weight excluding hydrogens is 337 g/mol. The molecule has 0 aromatic heterocycles. The van der Waals surface area contributed by atoms with Gasteiger partial charge < -0.3 is 19.9 Å². The standard InChI is InChI=1S/C15H10F5NO3/c16-14(17,18)22-9-6-4-8(5-7-9)12(21)10-2-1-3-11-13(10)24-15(19,20)23-11/h1-7,12H,21H2/t12-/m0/s1. The van der Waals surface area contributed by atoms with Crippen LogP contribution < -0.4 is 19.9 Å². The third-order valence-corrected chi connectivity index (χ3v) is 3.27. The maximum Gasteiger partial charge on any atom is 0.586 e. The Kier molecular flexibility index (Phi) is 3.75. The van der Waals surface area contributed by atoms with Crippen LogP contribution in [0.5, 0.6) is 17.2 Å². The van der Waals surface area contributed by atoms with E-state index in [4.69, 9.17) is 5.73 Å². The van der Waals surface area contributed by atoms with Gasteiger partial charge in [-0.1, -0.05) is 24.3 Å². The molecule has 2 aromatic rings. The molecule has 128 valence electrons. The summed E-state index contributed by atoms with van der Waals surface area (Å²) < 4.78 is 75.3. The Morgan fingerprint density at radius 3 is 2.29 bits per heavy atom. The zero-order valence-electron chi connectivity index (χ0n) is 11.8. The topological polar surface area (TPSA) is 53.7 Å². The van der Waals surface area contributed by atoms with Crippen molar-refractivity contribution in [2.75, 3.05) is 0 Å². The van der Waals surface area contributed by atoms with Gasteiger partial charge in [0.1, 0.15) is 5.75 Å². The van der Waals surface area contributed by atoms with Crippen LogP contribution in [0.4, 0.5) is 22.0 Å². The summed E-state index contributed by atoms with van der Waals surface area (Å²) in [6, 6.07) is 8.09. The second-order valence-electron chi connectivity index (χ2n) is 4.94. The number of ether oxygens (including phenoxy) is 3. The predicted molar refractivity (Wildman–Crippen MR) is 71.8 cm³/mol. The van der Waals surface area contributed by atoms with Crippen LogP contribution in [-0.4, -0.2) is 12.7 Å². The molecule has 1 heterocycles. The van der Waals surface area contributed by atoms with E-state index >= 15 is 0 Å². The number of benzene rings is 2. The molecule has 4 nitrogen and oxygen atoms in total. The number of fused-ring (bicyclic) bond motifs is 1. The van der Waals surface area contributed by atoms with Crippen LogP contribution in [-0.2, 0) is 0 Å². The number of rotatable bonds is 3. The summed E-state index contributed by atoms with van der Waals surface area (Å²) in [5.74, 6) is -0.779. The molecule has 2 N–H and O–H groups in total.